The molecule has 2 aromatic rings. The highest BCUT2D eigenvalue weighted by Gasteiger charge is 2.12. The lowest BCUT2D eigenvalue weighted by Crippen LogP contribution is -2.13. The van der Waals surface area contributed by atoms with E-state index in [2.05, 4.69) is 15.9 Å². The van der Waals surface area contributed by atoms with Crippen LogP contribution in [-0.4, -0.2) is 12.4 Å². The number of benzene rings is 2. The molecular weight excluding hydrogens is 318 g/mol. The van der Waals surface area contributed by atoms with E-state index in [1.54, 1.807) is 6.07 Å². The van der Waals surface area contributed by atoms with Crippen LogP contribution in [0.15, 0.2) is 46.9 Å². The third-order valence-corrected chi connectivity index (χ3v) is 3.05. The highest BCUT2D eigenvalue weighted by Crippen LogP contribution is 2.25. The minimum atomic E-state index is -0.589. The van der Waals surface area contributed by atoms with Gasteiger partial charge in [-0.2, -0.15) is 0 Å². The van der Waals surface area contributed by atoms with Gasteiger partial charge in [0.2, 0.25) is 5.78 Å². The molecular formula is C14H9BrF2O2. The van der Waals surface area contributed by atoms with E-state index in [0.717, 1.165) is 0 Å². The fourth-order valence-corrected chi connectivity index (χ4v) is 1.97. The van der Waals surface area contributed by atoms with E-state index >= 15 is 0 Å². The lowest BCUT2D eigenvalue weighted by atomic mass is 10.1. The molecule has 0 heterocycles. The van der Waals surface area contributed by atoms with Gasteiger partial charge in [0.25, 0.3) is 0 Å². The smallest absolute Gasteiger partial charge is 0.203 e. The number of hydrogen-bond donors (Lipinski definition) is 0. The Morgan fingerprint density at radius 3 is 2.58 bits per heavy atom. The van der Waals surface area contributed by atoms with E-state index in [9.17, 15) is 13.6 Å². The summed E-state index contributed by atoms with van der Waals surface area (Å²) in [5.41, 5.74) is -0.0271. The van der Waals surface area contributed by atoms with Crippen molar-refractivity contribution in [1.82, 2.24) is 0 Å². The molecule has 0 aliphatic carbocycles. The van der Waals surface area contributed by atoms with Gasteiger partial charge in [-0.05, 0) is 46.3 Å². The highest BCUT2D eigenvalue weighted by molar-refractivity contribution is 9.10. The average molecular weight is 327 g/mol. The zero-order valence-electron chi connectivity index (χ0n) is 9.70. The monoisotopic (exact) mass is 326 g/mol. The Morgan fingerprint density at radius 1 is 1.16 bits per heavy atom. The zero-order valence-corrected chi connectivity index (χ0v) is 11.3. The predicted molar refractivity (Wildman–Crippen MR) is 70.3 cm³/mol. The SMILES string of the molecule is O=C(COc1ccc(F)cc1Br)c1ccccc1F. The molecule has 2 aromatic carbocycles. The van der Waals surface area contributed by atoms with Crippen molar-refractivity contribution in [2.75, 3.05) is 6.61 Å². The van der Waals surface area contributed by atoms with Gasteiger partial charge in [-0.3, -0.25) is 4.79 Å². The summed E-state index contributed by atoms with van der Waals surface area (Å²) in [4.78, 5) is 11.8. The number of ether oxygens (including phenoxy) is 1. The third kappa shape index (κ3) is 3.38. The topological polar surface area (TPSA) is 26.3 Å². The summed E-state index contributed by atoms with van der Waals surface area (Å²) in [6.45, 7) is -0.314. The second kappa shape index (κ2) is 5.93. The van der Waals surface area contributed by atoms with Crippen LogP contribution in [0.3, 0.4) is 0 Å². The molecule has 0 radical (unpaired) electrons. The van der Waals surface area contributed by atoms with Crippen LogP contribution in [-0.2, 0) is 0 Å². The first-order valence-electron chi connectivity index (χ1n) is 5.43. The Balaban J connectivity index is 2.07. The van der Waals surface area contributed by atoms with Crippen LogP contribution in [0.1, 0.15) is 10.4 Å². The Kier molecular flexibility index (Phi) is 4.27. The van der Waals surface area contributed by atoms with Crippen molar-refractivity contribution < 1.29 is 18.3 Å². The molecule has 2 rings (SSSR count). The minimum Gasteiger partial charge on any atom is -0.484 e. The van der Waals surface area contributed by atoms with E-state index in [1.807, 2.05) is 0 Å². The normalized spacial score (nSPS) is 10.3. The van der Waals surface area contributed by atoms with E-state index in [1.165, 1.54) is 36.4 Å². The summed E-state index contributed by atoms with van der Waals surface area (Å²) in [6, 6.07) is 9.51. The fourth-order valence-electron chi connectivity index (χ4n) is 1.50. The molecule has 5 heteroatoms. The first-order chi connectivity index (χ1) is 9.08. The highest BCUT2D eigenvalue weighted by atomic mass is 79.9. The molecule has 0 aromatic heterocycles. The Morgan fingerprint density at radius 2 is 1.89 bits per heavy atom. The number of ketones is 1. The molecule has 0 aliphatic rings. The van der Waals surface area contributed by atoms with Crippen LogP contribution in [0, 0.1) is 11.6 Å². The van der Waals surface area contributed by atoms with Gasteiger partial charge < -0.3 is 4.74 Å². The van der Waals surface area contributed by atoms with Crippen LogP contribution >= 0.6 is 15.9 Å². The summed E-state index contributed by atoms with van der Waals surface area (Å²) in [5.74, 6) is -1.16. The largest absolute Gasteiger partial charge is 0.484 e. The maximum Gasteiger partial charge on any atom is 0.203 e. The van der Waals surface area contributed by atoms with Crippen molar-refractivity contribution in [2.24, 2.45) is 0 Å². The van der Waals surface area contributed by atoms with Gasteiger partial charge in [-0.1, -0.05) is 12.1 Å². The molecule has 0 N–H and O–H groups in total. The Hall–Kier alpha value is -1.75. The van der Waals surface area contributed by atoms with Gasteiger partial charge in [0.1, 0.15) is 17.4 Å². The van der Waals surface area contributed by atoms with E-state index < -0.39 is 17.4 Å². The number of hydrogen-bond acceptors (Lipinski definition) is 2. The van der Waals surface area contributed by atoms with E-state index in [-0.39, 0.29) is 12.2 Å². The van der Waals surface area contributed by atoms with Gasteiger partial charge in [0.15, 0.2) is 6.61 Å². The maximum absolute atomic E-state index is 13.4. The molecule has 0 fully saturated rings. The van der Waals surface area contributed by atoms with Gasteiger partial charge >= 0.3 is 0 Å². The van der Waals surface area contributed by atoms with E-state index in [4.69, 9.17) is 4.74 Å². The number of halogens is 3. The molecule has 0 aliphatic heterocycles. The third-order valence-electron chi connectivity index (χ3n) is 2.43. The van der Waals surface area contributed by atoms with Crippen LogP contribution in [0.2, 0.25) is 0 Å². The Labute approximate surface area is 117 Å². The molecule has 19 heavy (non-hydrogen) atoms. The first kappa shape index (κ1) is 13.7. The lowest BCUT2D eigenvalue weighted by Gasteiger charge is -2.08. The second-order valence-corrected chi connectivity index (χ2v) is 4.62. The van der Waals surface area contributed by atoms with E-state index in [0.29, 0.717) is 10.2 Å². The summed E-state index contributed by atoms with van der Waals surface area (Å²) in [5, 5.41) is 0. The Bertz CT molecular complexity index is 614. The zero-order chi connectivity index (χ0) is 13.8. The van der Waals surface area contributed by atoms with Crippen LogP contribution in [0.25, 0.3) is 0 Å². The van der Waals surface area contributed by atoms with Crippen LogP contribution < -0.4 is 4.74 Å². The molecule has 0 saturated heterocycles. The van der Waals surface area contributed by atoms with Crippen molar-refractivity contribution in [2.45, 2.75) is 0 Å². The predicted octanol–water partition coefficient (Wildman–Crippen LogP) is 3.99. The second-order valence-electron chi connectivity index (χ2n) is 3.77. The minimum absolute atomic E-state index is 0.0271. The van der Waals surface area contributed by atoms with Crippen molar-refractivity contribution in [3.05, 3.63) is 64.1 Å². The number of carbonyl (C=O) groups excluding carboxylic acids is 1. The molecule has 0 amide bonds. The van der Waals surface area contributed by atoms with Gasteiger partial charge in [0, 0.05) is 0 Å². The van der Waals surface area contributed by atoms with Gasteiger partial charge in [0.05, 0.1) is 10.0 Å². The van der Waals surface area contributed by atoms with Gasteiger partial charge in [-0.25, -0.2) is 8.78 Å². The quantitative estimate of drug-likeness (QED) is 0.794. The van der Waals surface area contributed by atoms with Crippen LogP contribution in [0.5, 0.6) is 5.75 Å². The maximum atomic E-state index is 13.4. The molecule has 2 nitrogen and oxygen atoms in total. The summed E-state index contributed by atoms with van der Waals surface area (Å²) >= 11 is 3.12. The molecule has 0 spiro atoms. The summed E-state index contributed by atoms with van der Waals surface area (Å²) in [6.07, 6.45) is 0. The lowest BCUT2D eigenvalue weighted by molar-refractivity contribution is 0.0917. The molecule has 0 bridgehead atoms. The molecule has 98 valence electrons. The fraction of sp³-hybridized carbons (Fsp3) is 0.0714. The molecule has 0 unspecified atom stereocenters. The summed E-state index contributed by atoms with van der Waals surface area (Å²) in [7, 11) is 0. The number of carbonyl (C=O) groups is 1. The van der Waals surface area contributed by atoms with Crippen molar-refractivity contribution in [1.29, 1.82) is 0 Å². The van der Waals surface area contributed by atoms with Crippen molar-refractivity contribution >= 4 is 21.7 Å². The van der Waals surface area contributed by atoms with Crippen molar-refractivity contribution in [3.8, 4) is 5.75 Å². The first-order valence-corrected chi connectivity index (χ1v) is 6.23. The van der Waals surface area contributed by atoms with Crippen LogP contribution in [0.4, 0.5) is 8.78 Å². The standard InChI is InChI=1S/C14H9BrF2O2/c15-11-7-9(16)5-6-14(11)19-8-13(18)10-3-1-2-4-12(10)17/h1-7H,8H2. The molecule has 0 saturated carbocycles. The number of Topliss-reactive ketones (excluding diaryl/α,β-unsaturated/α-hetero) is 1. The number of rotatable bonds is 4. The molecule has 0 atom stereocenters. The average Bonchev–Trinajstić information content (AvgIpc) is 2.38. The summed E-state index contributed by atoms with van der Waals surface area (Å²) < 4.78 is 31.9. The van der Waals surface area contributed by atoms with Gasteiger partial charge in [-0.15, -0.1) is 0 Å². The van der Waals surface area contributed by atoms with Crippen molar-refractivity contribution in [3.63, 3.8) is 0 Å².